The van der Waals surface area contributed by atoms with E-state index in [1.807, 2.05) is 23.3 Å². The first-order valence-electron chi connectivity index (χ1n) is 9.80. The Bertz CT molecular complexity index is 1010. The summed E-state index contributed by atoms with van der Waals surface area (Å²) < 4.78 is 5.59. The third-order valence-corrected chi connectivity index (χ3v) is 5.70. The van der Waals surface area contributed by atoms with Gasteiger partial charge in [0.05, 0.1) is 6.61 Å². The highest BCUT2D eigenvalue weighted by molar-refractivity contribution is 7.16. The van der Waals surface area contributed by atoms with Crippen molar-refractivity contribution in [2.45, 2.75) is 20.8 Å². The van der Waals surface area contributed by atoms with Gasteiger partial charge in [-0.2, -0.15) is 0 Å². The Morgan fingerprint density at radius 1 is 1.14 bits per heavy atom. The molecule has 1 saturated heterocycles. The summed E-state index contributed by atoms with van der Waals surface area (Å²) in [7, 11) is 0. The third-order valence-electron chi connectivity index (χ3n) is 4.91. The maximum absolute atomic E-state index is 12.8. The molecule has 1 aliphatic heterocycles. The number of hydrogen-bond acceptors (Lipinski definition) is 6. The van der Waals surface area contributed by atoms with E-state index < -0.39 is 0 Å². The van der Waals surface area contributed by atoms with Gasteiger partial charge in [-0.3, -0.25) is 5.32 Å². The molecule has 2 aromatic heterocycles. The number of fused-ring (bicyclic) bond motifs is 1. The van der Waals surface area contributed by atoms with Crippen LogP contribution < -0.4 is 15.0 Å². The van der Waals surface area contributed by atoms with E-state index in [1.165, 1.54) is 28.2 Å². The van der Waals surface area contributed by atoms with Crippen LogP contribution in [0.25, 0.3) is 10.3 Å². The first kappa shape index (κ1) is 19.4. The first-order valence-corrected chi connectivity index (χ1v) is 10.7. The number of ether oxygens (including phenoxy) is 1. The SMILES string of the molecule is CCOc1nc2ccsc2nc1NC(=O)N1CCN(c2cc(C)cc(C)c2)CC1. The van der Waals surface area contributed by atoms with Crippen molar-refractivity contribution >= 4 is 39.2 Å². The van der Waals surface area contributed by atoms with E-state index >= 15 is 0 Å². The number of aryl methyl sites for hydroxylation is 2. The molecule has 0 radical (unpaired) electrons. The fraction of sp³-hybridized carbons (Fsp3) is 0.381. The summed E-state index contributed by atoms with van der Waals surface area (Å²) >= 11 is 1.49. The molecular weight excluding hydrogens is 386 g/mol. The molecule has 0 bridgehead atoms. The molecule has 8 heteroatoms. The number of nitrogens with one attached hydrogen (secondary N) is 1. The summed E-state index contributed by atoms with van der Waals surface area (Å²) in [5.41, 5.74) is 4.51. The van der Waals surface area contributed by atoms with Gasteiger partial charge in [0, 0.05) is 31.9 Å². The summed E-state index contributed by atoms with van der Waals surface area (Å²) in [6.07, 6.45) is 0. The number of carbonyl (C=O) groups excluding carboxylic acids is 1. The smallest absolute Gasteiger partial charge is 0.323 e. The Labute approximate surface area is 174 Å². The van der Waals surface area contributed by atoms with Crippen molar-refractivity contribution < 1.29 is 9.53 Å². The Morgan fingerprint density at radius 2 is 1.86 bits per heavy atom. The Balaban J connectivity index is 1.43. The van der Waals surface area contributed by atoms with Crippen LogP contribution in [0.1, 0.15) is 18.1 Å². The molecule has 4 rings (SSSR count). The van der Waals surface area contributed by atoms with Gasteiger partial charge >= 0.3 is 6.03 Å². The lowest BCUT2D eigenvalue weighted by Crippen LogP contribution is -2.50. The summed E-state index contributed by atoms with van der Waals surface area (Å²) in [6.45, 7) is 9.46. The van der Waals surface area contributed by atoms with Crippen LogP contribution in [0.3, 0.4) is 0 Å². The zero-order valence-corrected chi connectivity index (χ0v) is 17.8. The molecule has 1 fully saturated rings. The van der Waals surface area contributed by atoms with Gasteiger partial charge in [0.2, 0.25) is 0 Å². The molecule has 7 nitrogen and oxygen atoms in total. The standard InChI is InChI=1S/C21H25N5O2S/c1-4-28-19-18(23-20-17(22-19)5-10-29-20)24-21(27)26-8-6-25(7-9-26)16-12-14(2)11-15(3)13-16/h5,10-13H,4,6-9H2,1-3H3,(H,23,24,27). The van der Waals surface area contributed by atoms with Crippen molar-refractivity contribution in [1.82, 2.24) is 14.9 Å². The highest BCUT2D eigenvalue weighted by atomic mass is 32.1. The highest BCUT2D eigenvalue weighted by Gasteiger charge is 2.23. The van der Waals surface area contributed by atoms with Crippen molar-refractivity contribution in [2.24, 2.45) is 0 Å². The lowest BCUT2D eigenvalue weighted by Gasteiger charge is -2.36. The molecule has 1 N–H and O–H groups in total. The average molecular weight is 412 g/mol. The Morgan fingerprint density at radius 3 is 2.55 bits per heavy atom. The lowest BCUT2D eigenvalue weighted by atomic mass is 10.1. The van der Waals surface area contributed by atoms with Gasteiger partial charge in [0.15, 0.2) is 5.82 Å². The van der Waals surface area contributed by atoms with Gasteiger partial charge < -0.3 is 14.5 Å². The molecular formula is C21H25N5O2S. The van der Waals surface area contributed by atoms with E-state index in [1.54, 1.807) is 0 Å². The molecule has 0 aliphatic carbocycles. The second-order valence-electron chi connectivity index (χ2n) is 7.17. The third kappa shape index (κ3) is 4.27. The number of amides is 2. The Hall–Kier alpha value is -2.87. The number of piperazine rings is 1. The number of benzene rings is 1. The molecule has 3 aromatic rings. The molecule has 0 unspecified atom stereocenters. The van der Waals surface area contributed by atoms with E-state index in [0.29, 0.717) is 31.4 Å². The lowest BCUT2D eigenvalue weighted by molar-refractivity contribution is 0.208. The van der Waals surface area contributed by atoms with E-state index in [4.69, 9.17) is 4.74 Å². The number of anilines is 2. The van der Waals surface area contributed by atoms with Crippen LogP contribution in [-0.2, 0) is 0 Å². The number of thiophene rings is 1. The largest absolute Gasteiger partial charge is 0.475 e. The predicted molar refractivity (Wildman–Crippen MR) is 117 cm³/mol. The van der Waals surface area contributed by atoms with Crippen LogP contribution in [0.5, 0.6) is 5.88 Å². The second kappa shape index (κ2) is 8.24. The van der Waals surface area contributed by atoms with E-state index in [9.17, 15) is 4.79 Å². The minimum absolute atomic E-state index is 0.170. The number of nitrogens with zero attached hydrogens (tertiary/aromatic N) is 4. The zero-order chi connectivity index (χ0) is 20.4. The van der Waals surface area contributed by atoms with E-state index in [2.05, 4.69) is 52.2 Å². The van der Waals surface area contributed by atoms with Crippen LogP contribution in [0.2, 0.25) is 0 Å². The molecule has 1 aliphatic rings. The molecule has 0 atom stereocenters. The van der Waals surface area contributed by atoms with Crippen LogP contribution in [-0.4, -0.2) is 53.7 Å². The predicted octanol–water partition coefficient (Wildman–Crippen LogP) is 4.06. The molecule has 29 heavy (non-hydrogen) atoms. The van der Waals surface area contributed by atoms with Gasteiger partial charge in [-0.15, -0.1) is 11.3 Å². The van der Waals surface area contributed by atoms with Gasteiger partial charge in [0.1, 0.15) is 10.3 Å². The normalized spacial score (nSPS) is 14.3. The van der Waals surface area contributed by atoms with E-state index in [0.717, 1.165) is 23.4 Å². The van der Waals surface area contributed by atoms with Crippen molar-refractivity contribution in [3.8, 4) is 5.88 Å². The number of carbonyl (C=O) groups is 1. The minimum atomic E-state index is -0.170. The number of urea groups is 1. The van der Waals surface area contributed by atoms with Crippen LogP contribution >= 0.6 is 11.3 Å². The number of aromatic nitrogens is 2. The monoisotopic (exact) mass is 411 g/mol. The highest BCUT2D eigenvalue weighted by Crippen LogP contribution is 2.27. The quantitative estimate of drug-likeness (QED) is 0.701. The van der Waals surface area contributed by atoms with Crippen molar-refractivity contribution in [1.29, 1.82) is 0 Å². The van der Waals surface area contributed by atoms with Crippen LogP contribution in [0.4, 0.5) is 16.3 Å². The topological polar surface area (TPSA) is 70.6 Å². The fourth-order valence-electron chi connectivity index (χ4n) is 3.58. The van der Waals surface area contributed by atoms with Crippen LogP contribution in [0.15, 0.2) is 29.6 Å². The number of rotatable bonds is 4. The molecule has 0 spiro atoms. The van der Waals surface area contributed by atoms with Crippen LogP contribution in [0, 0.1) is 13.8 Å². The summed E-state index contributed by atoms with van der Waals surface area (Å²) in [4.78, 5) is 26.8. The maximum atomic E-state index is 12.8. The second-order valence-corrected chi connectivity index (χ2v) is 8.07. The van der Waals surface area contributed by atoms with Gasteiger partial charge in [-0.25, -0.2) is 14.8 Å². The molecule has 152 valence electrons. The van der Waals surface area contributed by atoms with Gasteiger partial charge in [0.25, 0.3) is 5.88 Å². The fourth-order valence-corrected chi connectivity index (χ4v) is 4.28. The molecule has 3 heterocycles. The summed E-state index contributed by atoms with van der Waals surface area (Å²) in [5, 5.41) is 4.83. The van der Waals surface area contributed by atoms with Crippen molar-refractivity contribution in [3.63, 3.8) is 0 Å². The minimum Gasteiger partial charge on any atom is -0.475 e. The van der Waals surface area contributed by atoms with Crippen molar-refractivity contribution in [3.05, 3.63) is 40.8 Å². The molecule has 2 amide bonds. The number of hydrogen-bond donors (Lipinski definition) is 1. The zero-order valence-electron chi connectivity index (χ0n) is 16.9. The Kier molecular flexibility index (Phi) is 5.53. The maximum Gasteiger partial charge on any atom is 0.323 e. The molecule has 1 aromatic carbocycles. The summed E-state index contributed by atoms with van der Waals surface area (Å²) in [6, 6.07) is 8.30. The van der Waals surface area contributed by atoms with Gasteiger partial charge in [-0.1, -0.05) is 6.07 Å². The average Bonchev–Trinajstić information content (AvgIpc) is 3.15. The summed E-state index contributed by atoms with van der Waals surface area (Å²) in [5.74, 6) is 0.740. The first-order chi connectivity index (χ1) is 14.0. The van der Waals surface area contributed by atoms with E-state index in [-0.39, 0.29) is 6.03 Å². The molecule has 0 saturated carbocycles. The van der Waals surface area contributed by atoms with Crippen molar-refractivity contribution in [2.75, 3.05) is 43.0 Å². The van der Waals surface area contributed by atoms with Gasteiger partial charge in [-0.05, 0) is 55.5 Å².